The summed E-state index contributed by atoms with van der Waals surface area (Å²) in [5.41, 5.74) is 3.98. The lowest BCUT2D eigenvalue weighted by Crippen LogP contribution is -2.07. The molecule has 0 unspecified atom stereocenters. The van der Waals surface area contributed by atoms with Crippen molar-refractivity contribution < 1.29 is 4.79 Å². The van der Waals surface area contributed by atoms with Crippen LogP contribution in [0, 0.1) is 13.8 Å². The van der Waals surface area contributed by atoms with Gasteiger partial charge < -0.3 is 0 Å². The Kier molecular flexibility index (Phi) is 3.74. The molecule has 0 bridgehead atoms. The molecule has 98 valence electrons. The largest absolute Gasteiger partial charge is 0.289 e. The predicted molar refractivity (Wildman–Crippen MR) is 75.5 cm³/mol. The van der Waals surface area contributed by atoms with Gasteiger partial charge in [0.2, 0.25) is 0 Å². The highest BCUT2D eigenvalue weighted by Gasteiger charge is 2.13. The predicted octanol–water partition coefficient (Wildman–Crippen LogP) is 3.45. The monoisotopic (exact) mass is 254 g/mol. The zero-order chi connectivity index (χ0) is 14.0. The van der Waals surface area contributed by atoms with E-state index in [0.29, 0.717) is 22.7 Å². The average Bonchev–Trinajstić information content (AvgIpc) is 2.41. The van der Waals surface area contributed by atoms with E-state index in [9.17, 15) is 4.79 Å². The van der Waals surface area contributed by atoms with Gasteiger partial charge in [-0.05, 0) is 31.4 Å². The number of ketones is 1. The molecule has 0 aliphatic rings. The highest BCUT2D eigenvalue weighted by Crippen LogP contribution is 2.17. The number of benzene rings is 1. The van der Waals surface area contributed by atoms with Gasteiger partial charge in [-0.1, -0.05) is 38.1 Å². The molecule has 3 nitrogen and oxygen atoms in total. The van der Waals surface area contributed by atoms with E-state index >= 15 is 0 Å². The van der Waals surface area contributed by atoms with Crippen LogP contribution in [0.2, 0.25) is 0 Å². The third kappa shape index (κ3) is 2.87. The average molecular weight is 254 g/mol. The Morgan fingerprint density at radius 3 is 2.26 bits per heavy atom. The molecule has 1 aromatic heterocycles. The fourth-order valence-electron chi connectivity index (χ4n) is 1.95. The van der Waals surface area contributed by atoms with Crippen LogP contribution in [0.15, 0.2) is 30.3 Å². The summed E-state index contributed by atoms with van der Waals surface area (Å²) in [6.07, 6.45) is 0. The van der Waals surface area contributed by atoms with Gasteiger partial charge in [-0.25, -0.2) is 0 Å². The molecular formula is C16H18N2O. The summed E-state index contributed by atoms with van der Waals surface area (Å²) in [5, 5.41) is 7.95. The van der Waals surface area contributed by atoms with Gasteiger partial charge in [0.1, 0.15) is 0 Å². The van der Waals surface area contributed by atoms with Gasteiger partial charge in [-0.3, -0.25) is 4.79 Å². The van der Waals surface area contributed by atoms with E-state index in [2.05, 4.69) is 24.0 Å². The standard InChI is InChI=1S/C16H18N2O/c1-10(2)13-5-7-14(8-6-13)16(19)15-9-11(3)17-18-12(15)4/h5-10H,1-4H3. The molecule has 0 aliphatic carbocycles. The number of nitrogens with zero attached hydrogens (tertiary/aromatic N) is 2. The van der Waals surface area contributed by atoms with Crippen molar-refractivity contribution in [1.29, 1.82) is 0 Å². The fraction of sp³-hybridized carbons (Fsp3) is 0.312. The number of hydrogen-bond donors (Lipinski definition) is 0. The lowest BCUT2D eigenvalue weighted by Gasteiger charge is -2.07. The first kappa shape index (κ1) is 13.4. The molecule has 19 heavy (non-hydrogen) atoms. The van der Waals surface area contributed by atoms with E-state index < -0.39 is 0 Å². The van der Waals surface area contributed by atoms with Crippen LogP contribution in [0.1, 0.15) is 52.6 Å². The lowest BCUT2D eigenvalue weighted by molar-refractivity contribution is 0.103. The van der Waals surface area contributed by atoms with Gasteiger partial charge in [-0.2, -0.15) is 10.2 Å². The minimum atomic E-state index is 0.00538. The fourth-order valence-corrected chi connectivity index (χ4v) is 1.95. The summed E-state index contributed by atoms with van der Waals surface area (Å²) >= 11 is 0. The summed E-state index contributed by atoms with van der Waals surface area (Å²) in [5.74, 6) is 0.474. The Bertz CT molecular complexity index is 601. The molecule has 0 fully saturated rings. The SMILES string of the molecule is Cc1cc(C(=O)c2ccc(C(C)C)cc2)c(C)nn1. The topological polar surface area (TPSA) is 42.9 Å². The molecular weight excluding hydrogens is 236 g/mol. The Morgan fingerprint density at radius 1 is 1.05 bits per heavy atom. The quantitative estimate of drug-likeness (QED) is 0.788. The number of hydrogen-bond acceptors (Lipinski definition) is 3. The first-order valence-electron chi connectivity index (χ1n) is 6.44. The molecule has 2 aromatic rings. The second kappa shape index (κ2) is 5.31. The zero-order valence-electron chi connectivity index (χ0n) is 11.8. The molecule has 0 radical (unpaired) electrons. The van der Waals surface area contributed by atoms with Gasteiger partial charge >= 0.3 is 0 Å². The highest BCUT2D eigenvalue weighted by molar-refractivity contribution is 6.09. The number of rotatable bonds is 3. The van der Waals surface area contributed by atoms with Gasteiger partial charge in [-0.15, -0.1) is 0 Å². The molecule has 0 aliphatic heterocycles. The van der Waals surface area contributed by atoms with Crippen molar-refractivity contribution in [2.45, 2.75) is 33.6 Å². The molecule has 1 aromatic carbocycles. The maximum Gasteiger partial charge on any atom is 0.194 e. The summed E-state index contributed by atoms with van der Waals surface area (Å²) in [7, 11) is 0. The number of aromatic nitrogens is 2. The minimum Gasteiger partial charge on any atom is -0.289 e. The molecule has 0 saturated carbocycles. The van der Waals surface area contributed by atoms with E-state index in [-0.39, 0.29) is 5.78 Å². The number of carbonyl (C=O) groups is 1. The molecule has 0 N–H and O–H groups in total. The highest BCUT2D eigenvalue weighted by atomic mass is 16.1. The van der Waals surface area contributed by atoms with Crippen LogP contribution >= 0.6 is 0 Å². The molecule has 3 heteroatoms. The third-order valence-corrected chi connectivity index (χ3v) is 3.18. The maximum atomic E-state index is 12.4. The van der Waals surface area contributed by atoms with E-state index in [1.807, 2.05) is 38.1 Å². The van der Waals surface area contributed by atoms with Crippen LogP contribution < -0.4 is 0 Å². The number of carbonyl (C=O) groups excluding carboxylic acids is 1. The van der Waals surface area contributed by atoms with E-state index in [1.54, 1.807) is 6.07 Å². The van der Waals surface area contributed by atoms with Crippen LogP contribution in [0.3, 0.4) is 0 Å². The van der Waals surface area contributed by atoms with E-state index in [4.69, 9.17) is 0 Å². The second-order valence-corrected chi connectivity index (χ2v) is 5.09. The van der Waals surface area contributed by atoms with E-state index in [0.717, 1.165) is 5.69 Å². The summed E-state index contributed by atoms with van der Waals surface area (Å²) in [6, 6.07) is 9.57. The summed E-state index contributed by atoms with van der Waals surface area (Å²) in [4.78, 5) is 12.4. The molecule has 0 amide bonds. The van der Waals surface area contributed by atoms with Crippen molar-refractivity contribution in [3.05, 3.63) is 58.4 Å². The second-order valence-electron chi connectivity index (χ2n) is 5.09. The van der Waals surface area contributed by atoms with E-state index in [1.165, 1.54) is 5.56 Å². The van der Waals surface area contributed by atoms with Crippen LogP contribution in [-0.4, -0.2) is 16.0 Å². The molecule has 1 heterocycles. The van der Waals surface area contributed by atoms with Crippen molar-refractivity contribution in [3.8, 4) is 0 Å². The van der Waals surface area contributed by atoms with Crippen molar-refractivity contribution in [2.75, 3.05) is 0 Å². The van der Waals surface area contributed by atoms with Crippen molar-refractivity contribution >= 4 is 5.78 Å². The molecule has 0 atom stereocenters. The maximum absolute atomic E-state index is 12.4. The third-order valence-electron chi connectivity index (χ3n) is 3.18. The first-order chi connectivity index (χ1) is 8.99. The normalized spacial score (nSPS) is 10.8. The summed E-state index contributed by atoms with van der Waals surface area (Å²) in [6.45, 7) is 7.92. The number of aryl methyl sites for hydroxylation is 2. The van der Waals surface area contributed by atoms with Gasteiger partial charge in [0, 0.05) is 11.1 Å². The van der Waals surface area contributed by atoms with Crippen molar-refractivity contribution in [1.82, 2.24) is 10.2 Å². The smallest absolute Gasteiger partial charge is 0.194 e. The van der Waals surface area contributed by atoms with Crippen LogP contribution in [0.4, 0.5) is 0 Å². The molecule has 0 spiro atoms. The van der Waals surface area contributed by atoms with Gasteiger partial charge in [0.05, 0.1) is 11.4 Å². The van der Waals surface area contributed by atoms with Crippen molar-refractivity contribution in [2.24, 2.45) is 0 Å². The Morgan fingerprint density at radius 2 is 1.68 bits per heavy atom. The summed E-state index contributed by atoms with van der Waals surface area (Å²) < 4.78 is 0. The van der Waals surface area contributed by atoms with Crippen LogP contribution in [0.25, 0.3) is 0 Å². The Hall–Kier alpha value is -2.03. The first-order valence-corrected chi connectivity index (χ1v) is 6.44. The van der Waals surface area contributed by atoms with Gasteiger partial charge in [0.25, 0.3) is 0 Å². The Labute approximate surface area is 113 Å². The minimum absolute atomic E-state index is 0.00538. The Balaban J connectivity index is 2.36. The molecule has 2 rings (SSSR count). The zero-order valence-corrected chi connectivity index (χ0v) is 11.8. The van der Waals surface area contributed by atoms with Crippen LogP contribution in [0.5, 0.6) is 0 Å². The molecule has 0 saturated heterocycles. The van der Waals surface area contributed by atoms with Crippen molar-refractivity contribution in [3.63, 3.8) is 0 Å². The lowest BCUT2D eigenvalue weighted by atomic mass is 9.97. The van der Waals surface area contributed by atoms with Gasteiger partial charge in [0.15, 0.2) is 5.78 Å². The van der Waals surface area contributed by atoms with Crippen LogP contribution in [-0.2, 0) is 0 Å².